The van der Waals surface area contributed by atoms with Crippen molar-refractivity contribution in [1.29, 1.82) is 0 Å². The molecule has 1 aromatic rings. The number of nitrogens with two attached hydrogens (primary N) is 1. The van der Waals surface area contributed by atoms with Gasteiger partial charge < -0.3 is 10.3 Å². The van der Waals surface area contributed by atoms with Crippen molar-refractivity contribution in [2.24, 2.45) is 11.7 Å². The summed E-state index contributed by atoms with van der Waals surface area (Å²) in [4.78, 5) is 4.06. The summed E-state index contributed by atoms with van der Waals surface area (Å²) in [5, 5.41) is 0. The van der Waals surface area contributed by atoms with E-state index in [4.69, 9.17) is 5.73 Å². The molecule has 2 rings (SSSR count). The molecule has 0 spiro atoms. The van der Waals surface area contributed by atoms with E-state index in [0.717, 1.165) is 12.1 Å². The Labute approximate surface area is 95.6 Å². The van der Waals surface area contributed by atoms with Crippen LogP contribution in [0.25, 0.3) is 0 Å². The van der Waals surface area contributed by atoms with Crippen LogP contribution in [0.5, 0.6) is 0 Å². The van der Waals surface area contributed by atoms with Crippen LogP contribution in [-0.4, -0.2) is 29.5 Å². The van der Waals surface area contributed by atoms with Crippen LogP contribution in [0.15, 0.2) is 12.5 Å². The second-order valence-electron chi connectivity index (χ2n) is 4.53. The SMILES string of the molecule is C[C@H](N)c1cncn1CC1CCS(=O)(=O)C1. The van der Waals surface area contributed by atoms with E-state index >= 15 is 0 Å². The van der Waals surface area contributed by atoms with Gasteiger partial charge in [-0.1, -0.05) is 0 Å². The predicted molar refractivity (Wildman–Crippen MR) is 61.6 cm³/mol. The van der Waals surface area contributed by atoms with Crippen molar-refractivity contribution in [3.8, 4) is 0 Å². The van der Waals surface area contributed by atoms with Gasteiger partial charge in [0.2, 0.25) is 0 Å². The molecule has 5 nitrogen and oxygen atoms in total. The van der Waals surface area contributed by atoms with Gasteiger partial charge in [0.15, 0.2) is 9.84 Å². The van der Waals surface area contributed by atoms with Crippen molar-refractivity contribution in [3.63, 3.8) is 0 Å². The summed E-state index contributed by atoms with van der Waals surface area (Å²) in [6.45, 7) is 2.61. The number of imidazole rings is 1. The zero-order valence-corrected chi connectivity index (χ0v) is 10.2. The number of hydrogen-bond acceptors (Lipinski definition) is 4. The minimum absolute atomic E-state index is 0.0690. The first-order valence-corrected chi connectivity index (χ1v) is 7.26. The molecule has 0 aliphatic carbocycles. The van der Waals surface area contributed by atoms with Crippen molar-refractivity contribution < 1.29 is 8.42 Å². The van der Waals surface area contributed by atoms with E-state index in [0.29, 0.717) is 18.1 Å². The molecule has 6 heteroatoms. The minimum Gasteiger partial charge on any atom is -0.333 e. The van der Waals surface area contributed by atoms with E-state index in [1.165, 1.54) is 0 Å². The summed E-state index contributed by atoms with van der Waals surface area (Å²) in [5.41, 5.74) is 6.77. The zero-order valence-electron chi connectivity index (χ0n) is 9.33. The van der Waals surface area contributed by atoms with Crippen LogP contribution in [0.2, 0.25) is 0 Å². The second kappa shape index (κ2) is 4.18. The lowest BCUT2D eigenvalue weighted by Gasteiger charge is -2.13. The number of sulfone groups is 1. The average molecular weight is 243 g/mol. The Balaban J connectivity index is 2.08. The molecular formula is C10H17N3O2S. The number of rotatable bonds is 3. The molecule has 0 aromatic carbocycles. The highest BCUT2D eigenvalue weighted by Crippen LogP contribution is 2.21. The molecule has 0 saturated carbocycles. The first-order chi connectivity index (χ1) is 7.48. The average Bonchev–Trinajstić information content (AvgIpc) is 2.73. The van der Waals surface area contributed by atoms with Gasteiger partial charge in [0, 0.05) is 18.8 Å². The topological polar surface area (TPSA) is 78.0 Å². The first-order valence-electron chi connectivity index (χ1n) is 5.44. The number of nitrogens with zero attached hydrogens (tertiary/aromatic N) is 2. The van der Waals surface area contributed by atoms with E-state index in [-0.39, 0.29) is 12.0 Å². The van der Waals surface area contributed by atoms with Crippen LogP contribution in [0.4, 0.5) is 0 Å². The minimum atomic E-state index is -2.80. The fourth-order valence-electron chi connectivity index (χ4n) is 2.16. The van der Waals surface area contributed by atoms with Crippen LogP contribution in [-0.2, 0) is 16.4 Å². The van der Waals surface area contributed by atoms with Gasteiger partial charge in [-0.05, 0) is 19.3 Å². The Morgan fingerprint density at radius 3 is 3.00 bits per heavy atom. The zero-order chi connectivity index (χ0) is 11.8. The highest BCUT2D eigenvalue weighted by Gasteiger charge is 2.28. The van der Waals surface area contributed by atoms with Gasteiger partial charge in [0.05, 0.1) is 23.5 Å². The van der Waals surface area contributed by atoms with Gasteiger partial charge in [0.1, 0.15) is 0 Å². The molecule has 1 unspecified atom stereocenters. The molecule has 2 atom stereocenters. The van der Waals surface area contributed by atoms with E-state index in [2.05, 4.69) is 4.98 Å². The van der Waals surface area contributed by atoms with Crippen molar-refractivity contribution >= 4 is 9.84 Å². The summed E-state index contributed by atoms with van der Waals surface area (Å²) in [6, 6.07) is -0.0690. The van der Waals surface area contributed by atoms with Crippen LogP contribution in [0.1, 0.15) is 25.1 Å². The highest BCUT2D eigenvalue weighted by molar-refractivity contribution is 7.91. The van der Waals surface area contributed by atoms with Crippen molar-refractivity contribution in [2.75, 3.05) is 11.5 Å². The maximum absolute atomic E-state index is 11.3. The van der Waals surface area contributed by atoms with Crippen molar-refractivity contribution in [3.05, 3.63) is 18.2 Å². The molecule has 1 aliphatic rings. The number of aromatic nitrogens is 2. The fourth-order valence-corrected chi connectivity index (χ4v) is 4.01. The summed E-state index contributed by atoms with van der Waals surface area (Å²) < 4.78 is 24.6. The Hall–Kier alpha value is -0.880. The Kier molecular flexibility index (Phi) is 3.03. The molecule has 16 heavy (non-hydrogen) atoms. The molecule has 0 radical (unpaired) electrons. The number of hydrogen-bond donors (Lipinski definition) is 1. The summed E-state index contributed by atoms with van der Waals surface area (Å²) in [6.07, 6.45) is 4.22. The van der Waals surface area contributed by atoms with Gasteiger partial charge in [-0.15, -0.1) is 0 Å². The van der Waals surface area contributed by atoms with E-state index in [9.17, 15) is 8.42 Å². The molecule has 90 valence electrons. The molecule has 1 fully saturated rings. The smallest absolute Gasteiger partial charge is 0.150 e. The fraction of sp³-hybridized carbons (Fsp3) is 0.700. The third-order valence-corrected chi connectivity index (χ3v) is 4.83. The molecule has 1 aromatic heterocycles. The summed E-state index contributed by atoms with van der Waals surface area (Å²) >= 11 is 0. The van der Waals surface area contributed by atoms with Crippen molar-refractivity contribution in [2.45, 2.75) is 25.9 Å². The van der Waals surface area contributed by atoms with E-state index in [1.807, 2.05) is 11.5 Å². The van der Waals surface area contributed by atoms with Crippen LogP contribution in [0, 0.1) is 5.92 Å². The Morgan fingerprint density at radius 2 is 2.44 bits per heavy atom. The lowest BCUT2D eigenvalue weighted by Crippen LogP contribution is -2.17. The lowest BCUT2D eigenvalue weighted by atomic mass is 10.1. The van der Waals surface area contributed by atoms with Crippen LogP contribution >= 0.6 is 0 Å². The van der Waals surface area contributed by atoms with Gasteiger partial charge in [0.25, 0.3) is 0 Å². The predicted octanol–water partition coefficient (Wildman–Crippen LogP) is 0.338. The summed E-state index contributed by atoms with van der Waals surface area (Å²) in [5.74, 6) is 0.820. The molecule has 1 saturated heterocycles. The Bertz CT molecular complexity index is 464. The normalized spacial score (nSPS) is 25.8. The standard InChI is InChI=1S/C10H17N3O2S/c1-8(11)10-4-12-7-13(10)5-9-2-3-16(14,15)6-9/h4,7-9H,2-3,5-6,11H2,1H3/t8-,9?/m0/s1. The molecule has 2 N–H and O–H groups in total. The maximum Gasteiger partial charge on any atom is 0.150 e. The van der Waals surface area contributed by atoms with Crippen molar-refractivity contribution in [1.82, 2.24) is 9.55 Å². The van der Waals surface area contributed by atoms with Gasteiger partial charge in [-0.2, -0.15) is 0 Å². The van der Waals surface area contributed by atoms with E-state index in [1.54, 1.807) is 12.5 Å². The molecule has 0 bridgehead atoms. The third-order valence-electron chi connectivity index (χ3n) is 2.99. The largest absolute Gasteiger partial charge is 0.333 e. The van der Waals surface area contributed by atoms with E-state index < -0.39 is 9.84 Å². The second-order valence-corrected chi connectivity index (χ2v) is 6.76. The van der Waals surface area contributed by atoms with Gasteiger partial charge in [-0.25, -0.2) is 13.4 Å². The molecular weight excluding hydrogens is 226 g/mol. The Morgan fingerprint density at radius 1 is 1.69 bits per heavy atom. The summed E-state index contributed by atoms with van der Waals surface area (Å²) in [7, 11) is -2.80. The van der Waals surface area contributed by atoms with Gasteiger partial charge >= 0.3 is 0 Å². The monoisotopic (exact) mass is 243 g/mol. The van der Waals surface area contributed by atoms with Crippen LogP contribution < -0.4 is 5.73 Å². The van der Waals surface area contributed by atoms with Gasteiger partial charge in [-0.3, -0.25) is 0 Å². The third kappa shape index (κ3) is 2.44. The van der Waals surface area contributed by atoms with Crippen LogP contribution in [0.3, 0.4) is 0 Å². The first kappa shape index (κ1) is 11.6. The quantitative estimate of drug-likeness (QED) is 0.830. The maximum atomic E-state index is 11.3. The highest BCUT2D eigenvalue weighted by atomic mass is 32.2. The molecule has 0 amide bonds. The molecule has 1 aliphatic heterocycles. The molecule has 2 heterocycles. The lowest BCUT2D eigenvalue weighted by molar-refractivity contribution is 0.473.